The summed E-state index contributed by atoms with van der Waals surface area (Å²) in [7, 11) is 0. The summed E-state index contributed by atoms with van der Waals surface area (Å²) >= 11 is 1.83. The SMILES string of the molecule is C=CCSCCNCCOc1ccc(C(=O)O)cc1. The molecule has 0 spiro atoms. The van der Waals surface area contributed by atoms with Crippen LogP contribution in [0.15, 0.2) is 36.9 Å². The molecular weight excluding hydrogens is 262 g/mol. The molecule has 0 bridgehead atoms. The van der Waals surface area contributed by atoms with Crippen LogP contribution >= 0.6 is 11.8 Å². The van der Waals surface area contributed by atoms with Gasteiger partial charge in [-0.2, -0.15) is 11.8 Å². The number of nitrogens with one attached hydrogen (secondary N) is 1. The van der Waals surface area contributed by atoms with E-state index in [0.29, 0.717) is 12.4 Å². The van der Waals surface area contributed by atoms with Gasteiger partial charge >= 0.3 is 5.97 Å². The Balaban J connectivity index is 2.09. The molecule has 0 fully saturated rings. The molecule has 0 amide bonds. The van der Waals surface area contributed by atoms with Gasteiger partial charge < -0.3 is 15.2 Å². The summed E-state index contributed by atoms with van der Waals surface area (Å²) in [6.07, 6.45) is 1.90. The van der Waals surface area contributed by atoms with Gasteiger partial charge in [0, 0.05) is 24.6 Å². The maximum absolute atomic E-state index is 10.7. The van der Waals surface area contributed by atoms with E-state index in [4.69, 9.17) is 9.84 Å². The van der Waals surface area contributed by atoms with Crippen molar-refractivity contribution in [2.75, 3.05) is 31.2 Å². The number of carbonyl (C=O) groups is 1. The maximum atomic E-state index is 10.7. The first-order valence-electron chi connectivity index (χ1n) is 6.09. The van der Waals surface area contributed by atoms with Crippen LogP contribution < -0.4 is 10.1 Å². The standard InChI is InChI=1S/C14H19NO3S/c1-2-10-19-11-8-15-7-9-18-13-5-3-12(4-6-13)14(16)17/h2-6,15H,1,7-11H2,(H,16,17). The van der Waals surface area contributed by atoms with Crippen LogP contribution in [0.25, 0.3) is 0 Å². The smallest absolute Gasteiger partial charge is 0.335 e. The molecule has 2 N–H and O–H groups in total. The molecule has 0 radical (unpaired) electrons. The minimum absolute atomic E-state index is 0.268. The molecule has 0 aliphatic carbocycles. The first-order valence-corrected chi connectivity index (χ1v) is 7.25. The van der Waals surface area contributed by atoms with Crippen molar-refractivity contribution in [3.63, 3.8) is 0 Å². The monoisotopic (exact) mass is 281 g/mol. The van der Waals surface area contributed by atoms with Gasteiger partial charge in [-0.05, 0) is 24.3 Å². The molecular formula is C14H19NO3S. The molecule has 1 aromatic rings. The van der Waals surface area contributed by atoms with Gasteiger partial charge in [0.1, 0.15) is 12.4 Å². The summed E-state index contributed by atoms with van der Waals surface area (Å²) in [6.45, 7) is 5.95. The summed E-state index contributed by atoms with van der Waals surface area (Å²) < 4.78 is 5.49. The van der Waals surface area contributed by atoms with E-state index in [1.165, 1.54) is 12.1 Å². The Labute approximate surface area is 117 Å². The number of rotatable bonds is 10. The lowest BCUT2D eigenvalue weighted by Gasteiger charge is -2.07. The summed E-state index contributed by atoms with van der Waals surface area (Å²) in [5.74, 6) is 1.80. The molecule has 4 nitrogen and oxygen atoms in total. The van der Waals surface area contributed by atoms with Crippen molar-refractivity contribution in [2.24, 2.45) is 0 Å². The highest BCUT2D eigenvalue weighted by molar-refractivity contribution is 7.99. The molecule has 0 heterocycles. The second kappa shape index (κ2) is 9.47. The Bertz CT molecular complexity index is 392. The van der Waals surface area contributed by atoms with E-state index in [1.807, 2.05) is 17.8 Å². The van der Waals surface area contributed by atoms with E-state index in [-0.39, 0.29) is 5.56 Å². The van der Waals surface area contributed by atoms with Crippen LogP contribution in [0.4, 0.5) is 0 Å². The molecule has 104 valence electrons. The molecule has 19 heavy (non-hydrogen) atoms. The van der Waals surface area contributed by atoms with Crippen LogP contribution in [0.5, 0.6) is 5.75 Å². The minimum atomic E-state index is -0.926. The molecule has 1 aromatic carbocycles. The molecule has 0 aliphatic rings. The molecule has 0 atom stereocenters. The van der Waals surface area contributed by atoms with Gasteiger partial charge in [-0.1, -0.05) is 6.08 Å². The molecule has 1 rings (SSSR count). The van der Waals surface area contributed by atoms with Crippen molar-refractivity contribution in [1.82, 2.24) is 5.32 Å². The molecule has 5 heteroatoms. The average Bonchev–Trinajstić information content (AvgIpc) is 2.42. The summed E-state index contributed by atoms with van der Waals surface area (Å²) in [5, 5.41) is 12.0. The Morgan fingerprint density at radius 2 is 2.11 bits per heavy atom. The van der Waals surface area contributed by atoms with Crippen molar-refractivity contribution in [2.45, 2.75) is 0 Å². The van der Waals surface area contributed by atoms with Gasteiger partial charge in [0.25, 0.3) is 0 Å². The highest BCUT2D eigenvalue weighted by Gasteiger charge is 2.01. The zero-order valence-electron chi connectivity index (χ0n) is 10.8. The second-order valence-electron chi connectivity index (χ2n) is 3.79. The summed E-state index contributed by atoms with van der Waals surface area (Å²) in [6, 6.07) is 6.42. The van der Waals surface area contributed by atoms with Crippen LogP contribution in [-0.2, 0) is 0 Å². The first kappa shape index (κ1) is 15.6. The van der Waals surface area contributed by atoms with Crippen molar-refractivity contribution < 1.29 is 14.6 Å². The molecule has 0 saturated heterocycles. The number of carboxylic acids is 1. The number of ether oxygens (including phenoxy) is 1. The Hall–Kier alpha value is -1.46. The maximum Gasteiger partial charge on any atom is 0.335 e. The van der Waals surface area contributed by atoms with Crippen molar-refractivity contribution in [3.05, 3.63) is 42.5 Å². The van der Waals surface area contributed by atoms with Crippen molar-refractivity contribution in [3.8, 4) is 5.75 Å². The number of thioether (sulfide) groups is 1. The van der Waals surface area contributed by atoms with Gasteiger partial charge in [0.05, 0.1) is 5.56 Å². The third-order valence-electron chi connectivity index (χ3n) is 2.31. The minimum Gasteiger partial charge on any atom is -0.492 e. The van der Waals surface area contributed by atoms with Crippen LogP contribution in [0.3, 0.4) is 0 Å². The molecule has 0 saturated carbocycles. The third-order valence-corrected chi connectivity index (χ3v) is 3.27. The highest BCUT2D eigenvalue weighted by atomic mass is 32.2. The van der Waals surface area contributed by atoms with E-state index in [2.05, 4.69) is 11.9 Å². The number of carboxylic acid groups (broad SMARTS) is 1. The predicted molar refractivity (Wildman–Crippen MR) is 79.3 cm³/mol. The van der Waals surface area contributed by atoms with Gasteiger partial charge in [-0.15, -0.1) is 6.58 Å². The fourth-order valence-electron chi connectivity index (χ4n) is 1.37. The fraction of sp³-hybridized carbons (Fsp3) is 0.357. The normalized spacial score (nSPS) is 10.1. The number of aromatic carboxylic acids is 1. The third kappa shape index (κ3) is 6.88. The lowest BCUT2D eigenvalue weighted by atomic mass is 10.2. The summed E-state index contributed by atoms with van der Waals surface area (Å²) in [5.41, 5.74) is 0.268. The van der Waals surface area contributed by atoms with Crippen LogP contribution in [0.2, 0.25) is 0 Å². The van der Waals surface area contributed by atoms with E-state index in [1.54, 1.807) is 12.1 Å². The van der Waals surface area contributed by atoms with Gasteiger partial charge in [-0.25, -0.2) is 4.79 Å². The largest absolute Gasteiger partial charge is 0.492 e. The molecule has 0 aliphatic heterocycles. The highest BCUT2D eigenvalue weighted by Crippen LogP contribution is 2.11. The summed E-state index contributed by atoms with van der Waals surface area (Å²) in [4.78, 5) is 10.7. The molecule has 0 unspecified atom stereocenters. The van der Waals surface area contributed by atoms with Crippen LogP contribution in [-0.4, -0.2) is 42.3 Å². The first-order chi connectivity index (χ1) is 9.24. The second-order valence-corrected chi connectivity index (χ2v) is 4.94. The average molecular weight is 281 g/mol. The van der Waals surface area contributed by atoms with E-state index < -0.39 is 5.97 Å². The number of hydrogen-bond donors (Lipinski definition) is 2. The van der Waals surface area contributed by atoms with Gasteiger partial charge in [-0.3, -0.25) is 0 Å². The van der Waals surface area contributed by atoms with Gasteiger partial charge in [0.2, 0.25) is 0 Å². The van der Waals surface area contributed by atoms with Crippen molar-refractivity contribution in [1.29, 1.82) is 0 Å². The van der Waals surface area contributed by atoms with E-state index in [9.17, 15) is 4.79 Å². The zero-order valence-corrected chi connectivity index (χ0v) is 11.6. The number of benzene rings is 1. The van der Waals surface area contributed by atoms with Gasteiger partial charge in [0.15, 0.2) is 0 Å². The number of hydrogen-bond acceptors (Lipinski definition) is 4. The lowest BCUT2D eigenvalue weighted by molar-refractivity contribution is 0.0697. The van der Waals surface area contributed by atoms with Crippen molar-refractivity contribution >= 4 is 17.7 Å². The Morgan fingerprint density at radius 1 is 1.37 bits per heavy atom. The lowest BCUT2D eigenvalue weighted by Crippen LogP contribution is -2.23. The fourth-order valence-corrected chi connectivity index (χ4v) is 1.99. The Morgan fingerprint density at radius 3 is 2.74 bits per heavy atom. The van der Waals surface area contributed by atoms with E-state index >= 15 is 0 Å². The van der Waals surface area contributed by atoms with E-state index in [0.717, 1.165) is 24.6 Å². The Kier molecular flexibility index (Phi) is 7.77. The molecule has 0 aromatic heterocycles. The predicted octanol–water partition coefficient (Wildman–Crippen LogP) is 2.27. The quantitative estimate of drug-likeness (QED) is 0.509. The van der Waals surface area contributed by atoms with Crippen LogP contribution in [0, 0.1) is 0 Å². The zero-order chi connectivity index (χ0) is 13.9. The van der Waals surface area contributed by atoms with Crippen LogP contribution in [0.1, 0.15) is 10.4 Å². The topological polar surface area (TPSA) is 58.6 Å².